The molecule has 5 nitrogen and oxygen atoms in total. The van der Waals surface area contributed by atoms with Crippen molar-refractivity contribution in [3.8, 4) is 0 Å². The van der Waals surface area contributed by atoms with Crippen LogP contribution in [0.2, 0.25) is 0 Å². The summed E-state index contributed by atoms with van der Waals surface area (Å²) in [5.41, 5.74) is 0.409. The molecule has 3 aliphatic rings. The average molecular weight is 472 g/mol. The van der Waals surface area contributed by atoms with E-state index in [0.717, 1.165) is 44.4 Å². The number of nitrogens with one attached hydrogen (secondary N) is 1. The molecule has 2 atom stereocenters. The van der Waals surface area contributed by atoms with Gasteiger partial charge in [0.05, 0.1) is 12.1 Å². The van der Waals surface area contributed by atoms with E-state index in [1.165, 1.54) is 17.7 Å². The summed E-state index contributed by atoms with van der Waals surface area (Å²) in [6, 6.07) is 15.9. The molecule has 0 radical (unpaired) electrons. The quantitative estimate of drug-likeness (QED) is 0.716. The van der Waals surface area contributed by atoms with Gasteiger partial charge in [-0.1, -0.05) is 36.4 Å². The number of carbonyl (C=O) groups excluding carboxylic acids is 2. The number of likely N-dealkylation sites (tertiary alicyclic amines) is 2. The molecule has 2 heterocycles. The van der Waals surface area contributed by atoms with Crippen molar-refractivity contribution in [2.75, 3.05) is 19.6 Å². The number of hydrogen-bond acceptors (Lipinski definition) is 3. The zero-order valence-electron chi connectivity index (χ0n) is 18.8. The van der Waals surface area contributed by atoms with E-state index >= 15 is 0 Å². The summed E-state index contributed by atoms with van der Waals surface area (Å²) in [5.74, 6) is -0.245. The third kappa shape index (κ3) is 4.43. The Balaban J connectivity index is 1.13. The van der Waals surface area contributed by atoms with E-state index in [9.17, 15) is 22.8 Å². The van der Waals surface area contributed by atoms with Gasteiger partial charge in [0, 0.05) is 36.8 Å². The van der Waals surface area contributed by atoms with Crippen LogP contribution in [0.4, 0.5) is 13.2 Å². The Morgan fingerprint density at radius 2 is 1.68 bits per heavy atom. The second-order valence-electron chi connectivity index (χ2n) is 9.53. The third-order valence-electron chi connectivity index (χ3n) is 7.65. The summed E-state index contributed by atoms with van der Waals surface area (Å²) in [4.78, 5) is 29.6. The Hall–Kier alpha value is -2.87. The molecule has 2 aliphatic heterocycles. The monoisotopic (exact) mass is 471 g/mol. The number of halogens is 3. The molecule has 34 heavy (non-hydrogen) atoms. The largest absolute Gasteiger partial charge is 0.416 e. The van der Waals surface area contributed by atoms with E-state index in [-0.39, 0.29) is 24.1 Å². The molecule has 0 aromatic heterocycles. The number of nitrogens with zero attached hydrogens (tertiary/aromatic N) is 2. The average Bonchev–Trinajstić information content (AvgIpc) is 3.39. The van der Waals surface area contributed by atoms with E-state index < -0.39 is 17.6 Å². The molecule has 0 spiro atoms. The first-order valence-electron chi connectivity index (χ1n) is 11.9. The molecule has 0 bridgehead atoms. The summed E-state index contributed by atoms with van der Waals surface area (Å²) in [5, 5.41) is 2.50. The number of hydrogen-bond donors (Lipinski definition) is 1. The summed E-state index contributed by atoms with van der Waals surface area (Å²) in [6.45, 7) is 1.42. The number of benzene rings is 2. The van der Waals surface area contributed by atoms with Gasteiger partial charge in [0.15, 0.2) is 0 Å². The molecule has 2 aromatic carbocycles. The normalized spacial score (nSPS) is 26.7. The topological polar surface area (TPSA) is 52.7 Å². The van der Waals surface area contributed by atoms with Crippen LogP contribution < -0.4 is 5.32 Å². The summed E-state index contributed by atoms with van der Waals surface area (Å²) in [7, 11) is 0. The Kier molecular flexibility index (Phi) is 6.10. The first-order chi connectivity index (χ1) is 16.3. The standard InChI is InChI=1S/C26H28F3N3O2/c27-26(28,29)20-8-4-7-18(13-20)25(34)30-16-24(33)32-12-10-22-23(32)9-11-31(22)21-14-19(15-21)17-5-2-1-3-6-17/h1-8,13,19,21-23H,9-12,14-16H2,(H,30,34). The number of rotatable bonds is 5. The fourth-order valence-corrected chi connectivity index (χ4v) is 5.83. The molecule has 1 saturated carbocycles. The number of fused-ring (bicyclic) bond motifs is 1. The van der Waals surface area contributed by atoms with Crippen LogP contribution in [0.5, 0.6) is 0 Å². The Labute approximate surface area is 196 Å². The maximum Gasteiger partial charge on any atom is 0.416 e. The maximum atomic E-state index is 12.9. The first kappa shape index (κ1) is 22.9. The van der Waals surface area contributed by atoms with Crippen LogP contribution in [0.3, 0.4) is 0 Å². The van der Waals surface area contributed by atoms with Gasteiger partial charge in [0.1, 0.15) is 0 Å². The Bertz CT molecular complexity index is 1050. The van der Waals surface area contributed by atoms with Gasteiger partial charge in [-0.25, -0.2) is 0 Å². The van der Waals surface area contributed by atoms with Crippen LogP contribution in [0.1, 0.15) is 53.1 Å². The maximum absolute atomic E-state index is 12.9. The minimum Gasteiger partial charge on any atom is -0.343 e. The Morgan fingerprint density at radius 3 is 2.41 bits per heavy atom. The molecule has 2 amide bonds. The van der Waals surface area contributed by atoms with Crippen molar-refractivity contribution < 1.29 is 22.8 Å². The van der Waals surface area contributed by atoms with Gasteiger partial charge < -0.3 is 10.2 Å². The second kappa shape index (κ2) is 9.06. The van der Waals surface area contributed by atoms with Crippen LogP contribution in [0.15, 0.2) is 54.6 Å². The van der Waals surface area contributed by atoms with E-state index in [1.807, 2.05) is 11.0 Å². The highest BCUT2D eigenvalue weighted by atomic mass is 19.4. The van der Waals surface area contributed by atoms with Gasteiger partial charge in [-0.3, -0.25) is 14.5 Å². The molecule has 3 fully saturated rings. The lowest BCUT2D eigenvalue weighted by Gasteiger charge is -2.44. The second-order valence-corrected chi connectivity index (χ2v) is 9.53. The van der Waals surface area contributed by atoms with E-state index in [4.69, 9.17) is 0 Å². The summed E-state index contributed by atoms with van der Waals surface area (Å²) >= 11 is 0. The van der Waals surface area contributed by atoms with Crippen LogP contribution in [0, 0.1) is 0 Å². The molecule has 8 heteroatoms. The molecule has 1 N–H and O–H groups in total. The lowest BCUT2D eigenvalue weighted by Crippen LogP contribution is -2.48. The van der Waals surface area contributed by atoms with Gasteiger partial charge >= 0.3 is 6.18 Å². The fraction of sp³-hybridized carbons (Fsp3) is 0.462. The zero-order chi connectivity index (χ0) is 23.9. The fourth-order valence-electron chi connectivity index (χ4n) is 5.83. The molecule has 1 aliphatic carbocycles. The van der Waals surface area contributed by atoms with E-state index in [0.29, 0.717) is 24.5 Å². The number of amides is 2. The number of carbonyl (C=O) groups is 2. The highest BCUT2D eigenvalue weighted by Crippen LogP contribution is 2.44. The highest BCUT2D eigenvalue weighted by Gasteiger charge is 2.48. The lowest BCUT2D eigenvalue weighted by atomic mass is 9.75. The number of alkyl halides is 3. The van der Waals surface area contributed by atoms with Crippen LogP contribution in [0.25, 0.3) is 0 Å². The van der Waals surface area contributed by atoms with Gasteiger partial charge in [-0.2, -0.15) is 13.2 Å². The Morgan fingerprint density at radius 1 is 0.941 bits per heavy atom. The van der Waals surface area contributed by atoms with Gasteiger partial charge in [-0.05, 0) is 55.4 Å². The van der Waals surface area contributed by atoms with Crippen molar-refractivity contribution in [1.82, 2.24) is 15.1 Å². The summed E-state index contributed by atoms with van der Waals surface area (Å²) in [6.07, 6.45) is -0.385. The minimum atomic E-state index is -4.52. The van der Waals surface area contributed by atoms with E-state index in [2.05, 4.69) is 34.5 Å². The molecule has 5 rings (SSSR count). The predicted octanol–water partition coefficient (Wildman–Crippen LogP) is 4.06. The molecular formula is C26H28F3N3O2. The molecule has 2 saturated heterocycles. The minimum absolute atomic E-state index is 0.105. The van der Waals surface area contributed by atoms with Crippen LogP contribution >= 0.6 is 0 Å². The van der Waals surface area contributed by atoms with Gasteiger partial charge in [0.2, 0.25) is 5.91 Å². The van der Waals surface area contributed by atoms with Crippen molar-refractivity contribution in [1.29, 1.82) is 0 Å². The SMILES string of the molecule is O=C(NCC(=O)N1CCC2C1CCN2C1CC(c2ccccc2)C1)c1cccc(C(F)(F)F)c1. The summed E-state index contributed by atoms with van der Waals surface area (Å²) < 4.78 is 38.7. The zero-order valence-corrected chi connectivity index (χ0v) is 18.8. The molecule has 180 valence electrons. The molecule has 2 unspecified atom stereocenters. The molecular weight excluding hydrogens is 443 g/mol. The van der Waals surface area contributed by atoms with Crippen molar-refractivity contribution in [2.24, 2.45) is 0 Å². The van der Waals surface area contributed by atoms with Crippen LogP contribution in [-0.2, 0) is 11.0 Å². The van der Waals surface area contributed by atoms with Gasteiger partial charge in [-0.15, -0.1) is 0 Å². The van der Waals surface area contributed by atoms with Crippen molar-refractivity contribution in [3.63, 3.8) is 0 Å². The van der Waals surface area contributed by atoms with Gasteiger partial charge in [0.25, 0.3) is 5.91 Å². The lowest BCUT2D eigenvalue weighted by molar-refractivity contribution is -0.137. The van der Waals surface area contributed by atoms with E-state index in [1.54, 1.807) is 0 Å². The van der Waals surface area contributed by atoms with Crippen molar-refractivity contribution >= 4 is 11.8 Å². The smallest absolute Gasteiger partial charge is 0.343 e. The molecule has 2 aromatic rings. The third-order valence-corrected chi connectivity index (χ3v) is 7.65. The van der Waals surface area contributed by atoms with Crippen molar-refractivity contribution in [2.45, 2.75) is 55.9 Å². The predicted molar refractivity (Wildman–Crippen MR) is 121 cm³/mol. The van der Waals surface area contributed by atoms with Crippen LogP contribution in [-0.4, -0.2) is 59.4 Å². The van der Waals surface area contributed by atoms with Crippen molar-refractivity contribution in [3.05, 3.63) is 71.3 Å². The highest BCUT2D eigenvalue weighted by molar-refractivity contribution is 5.96. The first-order valence-corrected chi connectivity index (χ1v) is 11.9.